The summed E-state index contributed by atoms with van der Waals surface area (Å²) in [7, 11) is -4.00. The predicted octanol–water partition coefficient (Wildman–Crippen LogP) is -0.480. The molecule has 0 spiro atoms. The first-order valence-electron chi connectivity index (χ1n) is 6.10. The number of aromatic carboxylic acids is 1. The molecule has 0 amide bonds. The van der Waals surface area contributed by atoms with E-state index in [0.29, 0.717) is 13.0 Å². The summed E-state index contributed by atoms with van der Waals surface area (Å²) in [5, 5.41) is 28.2. The quantitative estimate of drug-likeness (QED) is 0.576. The molecule has 116 valence electrons. The average Bonchev–Trinajstić information content (AvgIpc) is 2.84. The van der Waals surface area contributed by atoms with Crippen molar-refractivity contribution >= 4 is 16.0 Å². The highest BCUT2D eigenvalue weighted by atomic mass is 32.2. The van der Waals surface area contributed by atoms with Gasteiger partial charge in [0.2, 0.25) is 10.0 Å². The Hall–Kier alpha value is -1.68. The van der Waals surface area contributed by atoms with E-state index in [1.807, 2.05) is 0 Å². The third-order valence-electron chi connectivity index (χ3n) is 3.18. The van der Waals surface area contributed by atoms with E-state index in [-0.39, 0.29) is 18.0 Å². The fourth-order valence-corrected chi connectivity index (χ4v) is 3.05. The lowest BCUT2D eigenvalue weighted by Crippen LogP contribution is -2.43. The molecule has 0 saturated carbocycles. The molecule has 0 aromatic heterocycles. The van der Waals surface area contributed by atoms with Crippen LogP contribution in [-0.2, 0) is 14.8 Å². The van der Waals surface area contributed by atoms with E-state index in [0.717, 1.165) is 18.2 Å². The molecule has 2 rings (SSSR count). The minimum atomic E-state index is -4.00. The van der Waals surface area contributed by atoms with E-state index in [9.17, 15) is 23.4 Å². The first-order chi connectivity index (χ1) is 9.73. The number of hydrogen-bond acceptors (Lipinski definition) is 6. The SMILES string of the molecule is O=C(O)c1cc(S(=O)(=O)NCC2(O)CCOC2)ccc1O. The summed E-state index contributed by atoms with van der Waals surface area (Å²) in [5.74, 6) is -1.96. The summed E-state index contributed by atoms with van der Waals surface area (Å²) < 4.78 is 31.4. The zero-order valence-electron chi connectivity index (χ0n) is 10.9. The zero-order valence-corrected chi connectivity index (χ0v) is 11.8. The van der Waals surface area contributed by atoms with E-state index in [4.69, 9.17) is 9.84 Å². The van der Waals surface area contributed by atoms with Crippen molar-refractivity contribution in [2.45, 2.75) is 16.9 Å². The van der Waals surface area contributed by atoms with Crippen LogP contribution < -0.4 is 4.72 Å². The molecule has 0 aliphatic carbocycles. The molecule has 1 aromatic carbocycles. The molecule has 1 atom stereocenters. The van der Waals surface area contributed by atoms with Gasteiger partial charge in [0.25, 0.3) is 0 Å². The van der Waals surface area contributed by atoms with Gasteiger partial charge in [-0.05, 0) is 18.2 Å². The second-order valence-electron chi connectivity index (χ2n) is 4.84. The van der Waals surface area contributed by atoms with Gasteiger partial charge in [-0.3, -0.25) is 0 Å². The maximum atomic E-state index is 12.1. The number of carboxylic acid groups (broad SMARTS) is 1. The highest BCUT2D eigenvalue weighted by molar-refractivity contribution is 7.89. The first kappa shape index (κ1) is 15.7. The lowest BCUT2D eigenvalue weighted by Gasteiger charge is -2.20. The fourth-order valence-electron chi connectivity index (χ4n) is 1.90. The number of rotatable bonds is 5. The van der Waals surface area contributed by atoms with Crippen LogP contribution in [0, 0.1) is 0 Å². The van der Waals surface area contributed by atoms with Crippen molar-refractivity contribution < 1.29 is 33.3 Å². The lowest BCUT2D eigenvalue weighted by molar-refractivity contribution is 0.0314. The van der Waals surface area contributed by atoms with Crippen LogP contribution in [0.2, 0.25) is 0 Å². The van der Waals surface area contributed by atoms with Gasteiger partial charge < -0.3 is 20.1 Å². The summed E-state index contributed by atoms with van der Waals surface area (Å²) in [6.07, 6.45) is 0.311. The Bertz CT molecular complexity index is 650. The van der Waals surface area contributed by atoms with Gasteiger partial charge in [-0.25, -0.2) is 17.9 Å². The Morgan fingerprint density at radius 1 is 1.43 bits per heavy atom. The van der Waals surface area contributed by atoms with E-state index < -0.39 is 32.9 Å². The van der Waals surface area contributed by atoms with Crippen molar-refractivity contribution in [3.63, 3.8) is 0 Å². The monoisotopic (exact) mass is 317 g/mol. The van der Waals surface area contributed by atoms with Crippen LogP contribution in [0.15, 0.2) is 23.1 Å². The summed E-state index contributed by atoms with van der Waals surface area (Å²) in [6.45, 7) is 0.144. The van der Waals surface area contributed by atoms with Crippen LogP contribution in [0.1, 0.15) is 16.8 Å². The number of ether oxygens (including phenoxy) is 1. The molecule has 0 bridgehead atoms. The van der Waals surface area contributed by atoms with Crippen LogP contribution in [0.5, 0.6) is 5.75 Å². The molecule has 1 heterocycles. The van der Waals surface area contributed by atoms with Crippen LogP contribution in [0.3, 0.4) is 0 Å². The molecule has 1 aromatic rings. The number of sulfonamides is 1. The summed E-state index contributed by atoms with van der Waals surface area (Å²) >= 11 is 0. The molecular formula is C12H15NO7S. The molecule has 1 aliphatic rings. The minimum Gasteiger partial charge on any atom is -0.507 e. The van der Waals surface area contributed by atoms with Crippen LogP contribution >= 0.6 is 0 Å². The van der Waals surface area contributed by atoms with E-state index in [1.165, 1.54) is 0 Å². The van der Waals surface area contributed by atoms with Gasteiger partial charge in [0.1, 0.15) is 16.9 Å². The summed E-state index contributed by atoms with van der Waals surface area (Å²) in [4.78, 5) is 10.6. The van der Waals surface area contributed by atoms with Crippen LogP contribution in [0.25, 0.3) is 0 Å². The Morgan fingerprint density at radius 3 is 2.71 bits per heavy atom. The number of phenols is 1. The van der Waals surface area contributed by atoms with Gasteiger partial charge in [0, 0.05) is 19.6 Å². The molecule has 9 heteroatoms. The normalized spacial score (nSPS) is 22.3. The number of aromatic hydroxyl groups is 1. The van der Waals surface area contributed by atoms with Gasteiger partial charge in [-0.15, -0.1) is 0 Å². The van der Waals surface area contributed by atoms with Gasteiger partial charge in [0.15, 0.2) is 0 Å². The molecule has 21 heavy (non-hydrogen) atoms. The van der Waals surface area contributed by atoms with Crippen molar-refractivity contribution in [2.75, 3.05) is 19.8 Å². The average molecular weight is 317 g/mol. The Kier molecular flexibility index (Phi) is 4.19. The van der Waals surface area contributed by atoms with Crippen LogP contribution in [-0.4, -0.2) is 55.1 Å². The molecule has 1 saturated heterocycles. The first-order valence-corrected chi connectivity index (χ1v) is 7.58. The van der Waals surface area contributed by atoms with E-state index in [2.05, 4.69) is 4.72 Å². The van der Waals surface area contributed by atoms with E-state index in [1.54, 1.807) is 0 Å². The van der Waals surface area contributed by atoms with Crippen molar-refractivity contribution in [2.24, 2.45) is 0 Å². The number of aliphatic hydroxyl groups is 1. The second kappa shape index (κ2) is 5.60. The van der Waals surface area contributed by atoms with Gasteiger partial charge in [-0.1, -0.05) is 0 Å². The maximum Gasteiger partial charge on any atom is 0.339 e. The third kappa shape index (κ3) is 3.50. The molecular weight excluding hydrogens is 302 g/mol. The summed E-state index contributed by atoms with van der Waals surface area (Å²) in [6, 6.07) is 2.93. The van der Waals surface area contributed by atoms with Crippen LogP contribution in [0.4, 0.5) is 0 Å². The topological polar surface area (TPSA) is 133 Å². The molecule has 1 fully saturated rings. The zero-order chi connectivity index (χ0) is 15.7. The maximum absolute atomic E-state index is 12.1. The number of hydrogen-bond donors (Lipinski definition) is 4. The van der Waals surface area contributed by atoms with Crippen molar-refractivity contribution in [1.29, 1.82) is 0 Å². The van der Waals surface area contributed by atoms with Crippen molar-refractivity contribution in [3.8, 4) is 5.75 Å². The number of carboxylic acids is 1. The van der Waals surface area contributed by atoms with E-state index >= 15 is 0 Å². The standard InChI is InChI=1S/C12H15NO7S/c14-10-2-1-8(5-9(10)11(15)16)21(18,19)13-6-12(17)3-4-20-7-12/h1-2,5,13-14,17H,3-4,6-7H2,(H,15,16). The largest absolute Gasteiger partial charge is 0.507 e. The molecule has 4 N–H and O–H groups in total. The molecule has 1 unspecified atom stereocenters. The Labute approximate surface area is 121 Å². The Morgan fingerprint density at radius 2 is 2.14 bits per heavy atom. The molecule has 8 nitrogen and oxygen atoms in total. The predicted molar refractivity (Wildman–Crippen MR) is 70.6 cm³/mol. The van der Waals surface area contributed by atoms with Crippen molar-refractivity contribution in [3.05, 3.63) is 23.8 Å². The number of carbonyl (C=O) groups is 1. The fraction of sp³-hybridized carbons (Fsp3) is 0.417. The van der Waals surface area contributed by atoms with Gasteiger partial charge in [-0.2, -0.15) is 0 Å². The van der Waals surface area contributed by atoms with Gasteiger partial charge in [0.05, 0.1) is 11.5 Å². The highest BCUT2D eigenvalue weighted by Gasteiger charge is 2.33. The molecule has 1 aliphatic heterocycles. The van der Waals surface area contributed by atoms with Crippen molar-refractivity contribution in [1.82, 2.24) is 4.72 Å². The minimum absolute atomic E-state index is 0.0332. The number of nitrogens with one attached hydrogen (secondary N) is 1. The number of benzene rings is 1. The smallest absolute Gasteiger partial charge is 0.339 e. The lowest BCUT2D eigenvalue weighted by atomic mass is 10.1. The second-order valence-corrected chi connectivity index (χ2v) is 6.60. The third-order valence-corrected chi connectivity index (χ3v) is 4.58. The molecule has 0 radical (unpaired) electrons. The summed E-state index contributed by atoms with van der Waals surface area (Å²) in [5.41, 5.74) is -1.78. The van der Waals surface area contributed by atoms with Gasteiger partial charge >= 0.3 is 5.97 Å². The Balaban J connectivity index is 2.19. The highest BCUT2D eigenvalue weighted by Crippen LogP contribution is 2.22.